The van der Waals surface area contributed by atoms with E-state index in [4.69, 9.17) is 0 Å². The Morgan fingerprint density at radius 3 is 2.88 bits per heavy atom. The summed E-state index contributed by atoms with van der Waals surface area (Å²) in [5.41, 5.74) is 0.839. The number of alkyl halides is 1. The van der Waals surface area contributed by atoms with E-state index in [1.54, 1.807) is 12.4 Å². The van der Waals surface area contributed by atoms with Crippen molar-refractivity contribution in [3.63, 3.8) is 0 Å². The topological polar surface area (TPSA) is 42.0 Å². The van der Waals surface area contributed by atoms with Crippen LogP contribution in [0, 0.1) is 12.3 Å². The number of hydrogen-bond acceptors (Lipinski definition) is 2. The van der Waals surface area contributed by atoms with Gasteiger partial charge in [-0.25, -0.2) is 4.39 Å². The summed E-state index contributed by atoms with van der Waals surface area (Å²) >= 11 is 0. The molecule has 3 nitrogen and oxygen atoms in total. The van der Waals surface area contributed by atoms with Crippen LogP contribution in [0.2, 0.25) is 0 Å². The first-order chi connectivity index (χ1) is 7.68. The van der Waals surface area contributed by atoms with E-state index in [2.05, 4.69) is 10.3 Å². The SMILES string of the molecule is Cc1ccncc1NC(=O)C1(CF)CCC1. The summed E-state index contributed by atoms with van der Waals surface area (Å²) < 4.78 is 12.9. The van der Waals surface area contributed by atoms with Crippen molar-refractivity contribution in [2.45, 2.75) is 26.2 Å². The van der Waals surface area contributed by atoms with Crippen LogP contribution in [0.4, 0.5) is 10.1 Å². The van der Waals surface area contributed by atoms with Gasteiger partial charge in [0.25, 0.3) is 0 Å². The standard InChI is InChI=1S/C12H15FN2O/c1-9-3-6-14-7-10(9)15-11(16)12(8-13)4-2-5-12/h3,6-7H,2,4-5,8H2,1H3,(H,15,16). The van der Waals surface area contributed by atoms with Crippen molar-refractivity contribution < 1.29 is 9.18 Å². The third kappa shape index (κ3) is 1.79. The molecule has 0 aromatic carbocycles. The molecule has 0 bridgehead atoms. The van der Waals surface area contributed by atoms with Crippen LogP contribution in [0.25, 0.3) is 0 Å². The summed E-state index contributed by atoms with van der Waals surface area (Å²) in [6, 6.07) is 1.82. The lowest BCUT2D eigenvalue weighted by molar-refractivity contribution is -0.131. The zero-order chi connectivity index (χ0) is 11.6. The predicted molar refractivity (Wildman–Crippen MR) is 59.9 cm³/mol. The summed E-state index contributed by atoms with van der Waals surface area (Å²) in [7, 11) is 0. The molecule has 16 heavy (non-hydrogen) atoms. The van der Waals surface area contributed by atoms with Crippen molar-refractivity contribution in [2.75, 3.05) is 12.0 Å². The summed E-state index contributed by atoms with van der Waals surface area (Å²) in [5, 5.41) is 2.76. The van der Waals surface area contributed by atoms with Crippen LogP contribution in [0.1, 0.15) is 24.8 Å². The van der Waals surface area contributed by atoms with Crippen LogP contribution in [0.5, 0.6) is 0 Å². The third-order valence-corrected chi connectivity index (χ3v) is 3.34. The minimum atomic E-state index is -0.776. The number of pyridine rings is 1. The Labute approximate surface area is 94.1 Å². The average molecular weight is 222 g/mol. The average Bonchev–Trinajstić information content (AvgIpc) is 2.21. The minimum absolute atomic E-state index is 0.211. The Morgan fingerprint density at radius 1 is 1.62 bits per heavy atom. The molecule has 2 rings (SSSR count). The highest BCUT2D eigenvalue weighted by Crippen LogP contribution is 2.42. The van der Waals surface area contributed by atoms with Gasteiger partial charge in [0.1, 0.15) is 6.67 Å². The Morgan fingerprint density at radius 2 is 2.38 bits per heavy atom. The number of anilines is 1. The number of carbonyl (C=O) groups excluding carboxylic acids is 1. The van der Waals surface area contributed by atoms with E-state index in [-0.39, 0.29) is 5.91 Å². The molecule has 1 aliphatic carbocycles. The largest absolute Gasteiger partial charge is 0.324 e. The van der Waals surface area contributed by atoms with Crippen LogP contribution in [-0.4, -0.2) is 17.6 Å². The summed E-state index contributed by atoms with van der Waals surface area (Å²) in [4.78, 5) is 15.9. The molecular weight excluding hydrogens is 207 g/mol. The molecule has 1 heterocycles. The van der Waals surface area contributed by atoms with E-state index in [0.717, 1.165) is 12.0 Å². The second-order valence-electron chi connectivity index (χ2n) is 4.41. The lowest BCUT2D eigenvalue weighted by atomic mass is 9.69. The highest BCUT2D eigenvalue weighted by molar-refractivity contribution is 5.96. The van der Waals surface area contributed by atoms with E-state index >= 15 is 0 Å². The molecule has 0 spiro atoms. The van der Waals surface area contributed by atoms with Gasteiger partial charge in [0.15, 0.2) is 0 Å². The van der Waals surface area contributed by atoms with Gasteiger partial charge in [0, 0.05) is 6.20 Å². The zero-order valence-corrected chi connectivity index (χ0v) is 9.29. The fourth-order valence-corrected chi connectivity index (χ4v) is 1.87. The highest BCUT2D eigenvalue weighted by atomic mass is 19.1. The number of aromatic nitrogens is 1. The zero-order valence-electron chi connectivity index (χ0n) is 9.29. The van der Waals surface area contributed by atoms with Crippen molar-refractivity contribution >= 4 is 11.6 Å². The van der Waals surface area contributed by atoms with E-state index in [1.807, 2.05) is 13.0 Å². The molecule has 0 atom stereocenters. The maximum Gasteiger partial charge on any atom is 0.233 e. The molecule has 1 aliphatic rings. The van der Waals surface area contributed by atoms with Crippen molar-refractivity contribution in [1.82, 2.24) is 4.98 Å². The van der Waals surface area contributed by atoms with Crippen LogP contribution >= 0.6 is 0 Å². The number of carbonyl (C=O) groups is 1. The third-order valence-electron chi connectivity index (χ3n) is 3.34. The van der Waals surface area contributed by atoms with Crippen molar-refractivity contribution in [2.24, 2.45) is 5.41 Å². The summed E-state index contributed by atoms with van der Waals surface area (Å²) in [6.45, 7) is 1.32. The van der Waals surface area contributed by atoms with Gasteiger partial charge in [-0.1, -0.05) is 6.42 Å². The highest BCUT2D eigenvalue weighted by Gasteiger charge is 2.44. The van der Waals surface area contributed by atoms with Crippen LogP contribution < -0.4 is 5.32 Å². The number of halogens is 1. The van der Waals surface area contributed by atoms with E-state index in [9.17, 15) is 9.18 Å². The number of rotatable bonds is 3. The van der Waals surface area contributed by atoms with Crippen LogP contribution in [-0.2, 0) is 4.79 Å². The van der Waals surface area contributed by atoms with E-state index in [0.29, 0.717) is 18.5 Å². The molecule has 1 aromatic rings. The molecule has 0 radical (unpaired) electrons. The lowest BCUT2D eigenvalue weighted by Gasteiger charge is -2.37. The molecule has 0 saturated heterocycles. The van der Waals surface area contributed by atoms with Crippen molar-refractivity contribution in [3.8, 4) is 0 Å². The number of nitrogens with one attached hydrogen (secondary N) is 1. The van der Waals surface area contributed by atoms with Gasteiger partial charge in [0.05, 0.1) is 17.3 Å². The number of hydrogen-bond donors (Lipinski definition) is 1. The maximum absolute atomic E-state index is 12.9. The maximum atomic E-state index is 12.9. The second kappa shape index (κ2) is 4.20. The first kappa shape index (κ1) is 11.0. The molecule has 1 N–H and O–H groups in total. The molecule has 1 fully saturated rings. The van der Waals surface area contributed by atoms with Gasteiger partial charge in [-0.3, -0.25) is 9.78 Å². The van der Waals surface area contributed by atoms with Gasteiger partial charge in [-0.2, -0.15) is 0 Å². The predicted octanol–water partition coefficient (Wildman–Crippen LogP) is 2.47. The van der Waals surface area contributed by atoms with Gasteiger partial charge < -0.3 is 5.32 Å². The normalized spacial score (nSPS) is 17.6. The smallest absolute Gasteiger partial charge is 0.233 e. The number of nitrogens with zero attached hydrogens (tertiary/aromatic N) is 1. The fraction of sp³-hybridized carbons (Fsp3) is 0.500. The molecule has 86 valence electrons. The first-order valence-electron chi connectivity index (χ1n) is 5.46. The van der Waals surface area contributed by atoms with Gasteiger partial charge >= 0.3 is 0 Å². The van der Waals surface area contributed by atoms with Crippen molar-refractivity contribution in [3.05, 3.63) is 24.0 Å². The molecular formula is C12H15FN2O. The van der Waals surface area contributed by atoms with Gasteiger partial charge in [-0.05, 0) is 31.4 Å². The van der Waals surface area contributed by atoms with Gasteiger partial charge in [-0.15, -0.1) is 0 Å². The molecule has 0 aliphatic heterocycles. The molecule has 1 aromatic heterocycles. The fourth-order valence-electron chi connectivity index (χ4n) is 1.87. The first-order valence-corrected chi connectivity index (χ1v) is 5.46. The Kier molecular flexibility index (Phi) is 2.90. The Hall–Kier alpha value is -1.45. The molecule has 0 unspecified atom stereocenters. The Bertz CT molecular complexity index is 396. The number of amides is 1. The molecule has 1 saturated carbocycles. The van der Waals surface area contributed by atoms with Crippen LogP contribution in [0.15, 0.2) is 18.5 Å². The van der Waals surface area contributed by atoms with Gasteiger partial charge in [0.2, 0.25) is 5.91 Å². The van der Waals surface area contributed by atoms with Crippen molar-refractivity contribution in [1.29, 1.82) is 0 Å². The summed E-state index contributed by atoms with van der Waals surface area (Å²) in [6.07, 6.45) is 5.49. The Balaban J connectivity index is 2.10. The molecule has 4 heteroatoms. The van der Waals surface area contributed by atoms with Crippen LogP contribution in [0.3, 0.4) is 0 Å². The second-order valence-corrected chi connectivity index (χ2v) is 4.41. The van der Waals surface area contributed by atoms with E-state index < -0.39 is 12.1 Å². The monoisotopic (exact) mass is 222 g/mol. The minimum Gasteiger partial charge on any atom is -0.324 e. The van der Waals surface area contributed by atoms with E-state index in [1.165, 1.54) is 0 Å². The quantitative estimate of drug-likeness (QED) is 0.853. The molecule has 1 amide bonds. The number of aryl methyl sites for hydroxylation is 1. The summed E-state index contributed by atoms with van der Waals surface area (Å²) in [5.74, 6) is -0.211. The lowest BCUT2D eigenvalue weighted by Crippen LogP contribution is -2.43.